The molecule has 0 radical (unpaired) electrons. The van der Waals surface area contributed by atoms with Crippen LogP contribution in [0.4, 0.5) is 0 Å². The molecule has 1 aliphatic heterocycles. The van der Waals surface area contributed by atoms with Gasteiger partial charge in [-0.25, -0.2) is 0 Å². The van der Waals surface area contributed by atoms with E-state index in [1.807, 2.05) is 17.0 Å². The van der Waals surface area contributed by atoms with Crippen molar-refractivity contribution in [2.24, 2.45) is 0 Å². The number of nitrogens with one attached hydrogen (secondary N) is 1. The highest BCUT2D eigenvalue weighted by atomic mass is 16.2. The Labute approximate surface area is 109 Å². The third kappa shape index (κ3) is 2.72. The molecule has 98 valence electrons. The van der Waals surface area contributed by atoms with Crippen molar-refractivity contribution < 1.29 is 4.79 Å². The number of hydrogen-bond acceptors (Lipinski definition) is 2. The van der Waals surface area contributed by atoms with Crippen LogP contribution in [0.25, 0.3) is 0 Å². The summed E-state index contributed by atoms with van der Waals surface area (Å²) in [5.41, 5.74) is 4.51. The van der Waals surface area contributed by atoms with E-state index in [1.54, 1.807) is 0 Å². The maximum atomic E-state index is 12.5. The first-order chi connectivity index (χ1) is 8.59. The second-order valence-corrected chi connectivity index (χ2v) is 5.13. The molecule has 0 saturated carbocycles. The van der Waals surface area contributed by atoms with Gasteiger partial charge < -0.3 is 10.2 Å². The smallest absolute Gasteiger partial charge is 0.253 e. The SMILES string of the molecule is Cc1cc(C(=O)N2CCCNCC2)cc(C)c1C. The highest BCUT2D eigenvalue weighted by Gasteiger charge is 2.17. The van der Waals surface area contributed by atoms with Crippen LogP contribution < -0.4 is 5.32 Å². The molecule has 0 aliphatic carbocycles. The Hall–Kier alpha value is -1.35. The van der Waals surface area contributed by atoms with Gasteiger partial charge in [0.15, 0.2) is 0 Å². The van der Waals surface area contributed by atoms with Gasteiger partial charge in [-0.2, -0.15) is 0 Å². The van der Waals surface area contributed by atoms with Crippen molar-refractivity contribution in [3.05, 3.63) is 34.4 Å². The molecule has 1 amide bonds. The molecule has 2 rings (SSSR count). The zero-order valence-corrected chi connectivity index (χ0v) is 11.5. The predicted molar refractivity (Wildman–Crippen MR) is 74.0 cm³/mol. The van der Waals surface area contributed by atoms with Crippen molar-refractivity contribution in [2.45, 2.75) is 27.2 Å². The van der Waals surface area contributed by atoms with Gasteiger partial charge in [-0.05, 0) is 62.6 Å². The second kappa shape index (κ2) is 5.53. The Bertz CT molecular complexity index is 423. The molecule has 1 heterocycles. The monoisotopic (exact) mass is 246 g/mol. The Morgan fingerprint density at radius 2 is 1.78 bits per heavy atom. The van der Waals surface area contributed by atoms with Gasteiger partial charge in [0.2, 0.25) is 0 Å². The van der Waals surface area contributed by atoms with E-state index in [1.165, 1.54) is 16.7 Å². The Morgan fingerprint density at radius 1 is 1.11 bits per heavy atom. The number of hydrogen-bond donors (Lipinski definition) is 1. The van der Waals surface area contributed by atoms with Gasteiger partial charge in [-0.1, -0.05) is 0 Å². The van der Waals surface area contributed by atoms with Gasteiger partial charge in [0.25, 0.3) is 5.91 Å². The van der Waals surface area contributed by atoms with Crippen molar-refractivity contribution in [1.29, 1.82) is 0 Å². The average molecular weight is 246 g/mol. The van der Waals surface area contributed by atoms with Crippen molar-refractivity contribution in [2.75, 3.05) is 26.2 Å². The molecule has 0 unspecified atom stereocenters. The van der Waals surface area contributed by atoms with Crippen LogP contribution in [0.2, 0.25) is 0 Å². The molecule has 0 aromatic heterocycles. The quantitative estimate of drug-likeness (QED) is 0.822. The summed E-state index contributed by atoms with van der Waals surface area (Å²) in [6.45, 7) is 9.83. The highest BCUT2D eigenvalue weighted by molar-refractivity contribution is 5.94. The molecule has 0 atom stereocenters. The molecule has 1 aromatic rings. The first-order valence-electron chi connectivity index (χ1n) is 6.67. The fraction of sp³-hybridized carbons (Fsp3) is 0.533. The normalized spacial score (nSPS) is 16.5. The topological polar surface area (TPSA) is 32.3 Å². The fourth-order valence-corrected chi connectivity index (χ4v) is 2.39. The molecule has 0 spiro atoms. The van der Waals surface area contributed by atoms with Crippen LogP contribution in [0.5, 0.6) is 0 Å². The van der Waals surface area contributed by atoms with Crippen molar-refractivity contribution >= 4 is 5.91 Å². The number of carbonyl (C=O) groups is 1. The summed E-state index contributed by atoms with van der Waals surface area (Å²) in [4.78, 5) is 14.4. The van der Waals surface area contributed by atoms with Crippen LogP contribution in [0, 0.1) is 20.8 Å². The van der Waals surface area contributed by atoms with Crippen LogP contribution >= 0.6 is 0 Å². The molecular weight excluding hydrogens is 224 g/mol. The highest BCUT2D eigenvalue weighted by Crippen LogP contribution is 2.17. The van der Waals surface area contributed by atoms with Crippen LogP contribution in [0.1, 0.15) is 33.5 Å². The third-order valence-electron chi connectivity index (χ3n) is 3.80. The van der Waals surface area contributed by atoms with Crippen LogP contribution in [-0.4, -0.2) is 37.0 Å². The van der Waals surface area contributed by atoms with E-state index in [0.717, 1.165) is 38.2 Å². The lowest BCUT2D eigenvalue weighted by molar-refractivity contribution is 0.0766. The predicted octanol–water partition coefficient (Wildman–Crippen LogP) is 2.05. The summed E-state index contributed by atoms with van der Waals surface area (Å²) >= 11 is 0. The number of benzene rings is 1. The minimum Gasteiger partial charge on any atom is -0.337 e. The van der Waals surface area contributed by atoms with Gasteiger partial charge in [-0.15, -0.1) is 0 Å². The van der Waals surface area contributed by atoms with Gasteiger partial charge in [0, 0.05) is 25.2 Å². The van der Waals surface area contributed by atoms with E-state index in [2.05, 4.69) is 26.1 Å². The van der Waals surface area contributed by atoms with Crippen LogP contribution in [0.3, 0.4) is 0 Å². The Kier molecular flexibility index (Phi) is 4.02. The standard InChI is InChI=1S/C15H22N2O/c1-11-9-14(10-12(2)13(11)3)15(18)17-7-4-5-16-6-8-17/h9-10,16H,4-8H2,1-3H3. The number of amides is 1. The summed E-state index contributed by atoms with van der Waals surface area (Å²) in [6.07, 6.45) is 1.04. The Morgan fingerprint density at radius 3 is 2.44 bits per heavy atom. The summed E-state index contributed by atoms with van der Waals surface area (Å²) in [5, 5.41) is 3.32. The van der Waals surface area contributed by atoms with E-state index in [9.17, 15) is 4.79 Å². The van der Waals surface area contributed by atoms with Gasteiger partial charge in [0.1, 0.15) is 0 Å². The van der Waals surface area contributed by atoms with E-state index < -0.39 is 0 Å². The van der Waals surface area contributed by atoms with Gasteiger partial charge >= 0.3 is 0 Å². The molecule has 18 heavy (non-hydrogen) atoms. The molecule has 1 fully saturated rings. The zero-order valence-electron chi connectivity index (χ0n) is 11.5. The van der Waals surface area contributed by atoms with E-state index in [-0.39, 0.29) is 5.91 Å². The average Bonchev–Trinajstić information content (AvgIpc) is 2.63. The lowest BCUT2D eigenvalue weighted by atomic mass is 10.00. The summed E-state index contributed by atoms with van der Waals surface area (Å²) in [6, 6.07) is 4.03. The minimum atomic E-state index is 0.171. The fourth-order valence-electron chi connectivity index (χ4n) is 2.39. The van der Waals surface area contributed by atoms with Crippen molar-refractivity contribution in [3.8, 4) is 0 Å². The molecule has 1 aromatic carbocycles. The molecule has 0 bridgehead atoms. The maximum absolute atomic E-state index is 12.5. The van der Waals surface area contributed by atoms with Gasteiger partial charge in [0.05, 0.1) is 0 Å². The number of nitrogens with zero attached hydrogens (tertiary/aromatic N) is 1. The summed E-state index contributed by atoms with van der Waals surface area (Å²) < 4.78 is 0. The lowest BCUT2D eigenvalue weighted by Crippen LogP contribution is -2.34. The Balaban J connectivity index is 2.22. The largest absolute Gasteiger partial charge is 0.337 e. The molecule has 1 saturated heterocycles. The molecule has 3 heteroatoms. The van der Waals surface area contributed by atoms with Crippen LogP contribution in [0.15, 0.2) is 12.1 Å². The van der Waals surface area contributed by atoms with E-state index in [4.69, 9.17) is 0 Å². The van der Waals surface area contributed by atoms with E-state index in [0.29, 0.717) is 0 Å². The lowest BCUT2D eigenvalue weighted by Gasteiger charge is -2.21. The third-order valence-corrected chi connectivity index (χ3v) is 3.80. The molecular formula is C15H22N2O. The van der Waals surface area contributed by atoms with E-state index >= 15 is 0 Å². The van der Waals surface area contributed by atoms with Crippen LogP contribution in [-0.2, 0) is 0 Å². The summed E-state index contributed by atoms with van der Waals surface area (Å²) in [7, 11) is 0. The van der Waals surface area contributed by atoms with Gasteiger partial charge in [-0.3, -0.25) is 4.79 Å². The zero-order chi connectivity index (χ0) is 13.1. The number of carbonyl (C=O) groups excluding carboxylic acids is 1. The number of aryl methyl sites for hydroxylation is 2. The minimum absolute atomic E-state index is 0.171. The second-order valence-electron chi connectivity index (χ2n) is 5.13. The first kappa shape index (κ1) is 13.1. The first-order valence-corrected chi connectivity index (χ1v) is 6.67. The molecule has 1 N–H and O–H groups in total. The van der Waals surface area contributed by atoms with Crippen molar-refractivity contribution in [3.63, 3.8) is 0 Å². The number of rotatable bonds is 1. The summed E-state index contributed by atoms with van der Waals surface area (Å²) in [5.74, 6) is 0.171. The maximum Gasteiger partial charge on any atom is 0.253 e. The van der Waals surface area contributed by atoms with Crippen molar-refractivity contribution in [1.82, 2.24) is 10.2 Å². The molecule has 3 nitrogen and oxygen atoms in total. The molecule has 1 aliphatic rings.